The number of hydrogen-bond acceptors (Lipinski definition) is 4. The molecule has 1 aliphatic rings. The molecule has 0 aliphatic carbocycles. The molecule has 32 heavy (non-hydrogen) atoms. The smallest absolute Gasteiger partial charge is 0.138 e. The third-order valence-corrected chi connectivity index (χ3v) is 6.79. The minimum absolute atomic E-state index is 0.0225. The van der Waals surface area contributed by atoms with Crippen LogP contribution in [0.5, 0.6) is 0 Å². The fourth-order valence-corrected chi connectivity index (χ4v) is 4.73. The van der Waals surface area contributed by atoms with Gasteiger partial charge >= 0.3 is 0 Å². The fourth-order valence-electron chi connectivity index (χ4n) is 4.73. The molecular weight excluding hydrogens is 394 g/mol. The number of rotatable bonds is 17. The maximum absolute atomic E-state index is 11.7. The monoisotopic (exact) mass is 439 g/mol. The molecule has 2 rings (SSSR count). The Balaban J connectivity index is 1.54. The number of unbranched alkanes of at least 4 members (excludes halogenated alkanes) is 11. The van der Waals surface area contributed by atoms with Crippen LogP contribution in [0, 0.1) is 11.3 Å². The number of carbonyl (C=O) groups excluding carboxylic acids is 1. The summed E-state index contributed by atoms with van der Waals surface area (Å²) in [4.78, 5) is 16.5. The fraction of sp³-hybridized carbons (Fsp3) is 0.714. The van der Waals surface area contributed by atoms with Crippen LogP contribution in [-0.2, 0) is 17.8 Å². The van der Waals surface area contributed by atoms with E-state index in [4.69, 9.17) is 5.26 Å². The summed E-state index contributed by atoms with van der Waals surface area (Å²) in [5, 5.41) is 8.80. The van der Waals surface area contributed by atoms with Crippen molar-refractivity contribution in [2.45, 2.75) is 103 Å². The molecule has 4 nitrogen and oxygen atoms in total. The van der Waals surface area contributed by atoms with Crippen LogP contribution in [0.1, 0.15) is 95.1 Å². The standard InChI is InChI=1S/C28H45N3O/c1-2-3-4-5-6-7-8-9-10-11-12-13-20-31-22-21-30(24-28(31)25-32)23-27-16-14-26(15-17-27)18-19-29/h14-17,25,28H,2-13,18,20-24H2,1H3. The highest BCUT2D eigenvalue weighted by Crippen LogP contribution is 2.16. The average Bonchev–Trinajstić information content (AvgIpc) is 2.82. The first-order valence-corrected chi connectivity index (χ1v) is 13.1. The van der Waals surface area contributed by atoms with Crippen molar-refractivity contribution in [3.63, 3.8) is 0 Å². The highest BCUT2D eigenvalue weighted by atomic mass is 16.1. The number of benzene rings is 1. The summed E-state index contributed by atoms with van der Waals surface area (Å²) in [5.74, 6) is 0. The second-order valence-corrected chi connectivity index (χ2v) is 9.51. The molecule has 1 heterocycles. The lowest BCUT2D eigenvalue weighted by Gasteiger charge is -2.39. The first-order chi connectivity index (χ1) is 15.8. The van der Waals surface area contributed by atoms with Gasteiger partial charge in [-0.25, -0.2) is 0 Å². The number of nitriles is 1. The Hall–Kier alpha value is -1.70. The van der Waals surface area contributed by atoms with E-state index in [-0.39, 0.29) is 6.04 Å². The van der Waals surface area contributed by atoms with E-state index in [0.29, 0.717) is 6.42 Å². The summed E-state index contributed by atoms with van der Waals surface area (Å²) in [5.41, 5.74) is 2.32. The maximum atomic E-state index is 11.7. The highest BCUT2D eigenvalue weighted by Gasteiger charge is 2.26. The summed E-state index contributed by atoms with van der Waals surface area (Å²) >= 11 is 0. The van der Waals surface area contributed by atoms with Crippen molar-refractivity contribution in [3.05, 3.63) is 35.4 Å². The third-order valence-electron chi connectivity index (χ3n) is 6.79. The Morgan fingerprint density at radius 1 is 0.875 bits per heavy atom. The third kappa shape index (κ3) is 10.7. The molecule has 0 N–H and O–H groups in total. The second kappa shape index (κ2) is 16.9. The van der Waals surface area contributed by atoms with Crippen molar-refractivity contribution in [3.8, 4) is 6.07 Å². The zero-order valence-electron chi connectivity index (χ0n) is 20.4. The van der Waals surface area contributed by atoms with E-state index in [1.807, 2.05) is 12.1 Å². The second-order valence-electron chi connectivity index (χ2n) is 9.51. The molecule has 0 bridgehead atoms. The normalized spacial score (nSPS) is 17.3. The van der Waals surface area contributed by atoms with Crippen LogP contribution in [-0.4, -0.2) is 48.3 Å². The van der Waals surface area contributed by atoms with Crippen LogP contribution < -0.4 is 0 Å². The number of aldehydes is 1. The van der Waals surface area contributed by atoms with E-state index < -0.39 is 0 Å². The van der Waals surface area contributed by atoms with Gasteiger partial charge in [0.2, 0.25) is 0 Å². The molecule has 0 saturated carbocycles. The lowest BCUT2D eigenvalue weighted by Crippen LogP contribution is -2.53. The zero-order valence-corrected chi connectivity index (χ0v) is 20.4. The molecule has 0 radical (unpaired) electrons. The number of hydrogen-bond donors (Lipinski definition) is 0. The quantitative estimate of drug-likeness (QED) is 0.216. The number of carbonyl (C=O) groups is 1. The molecule has 1 aromatic carbocycles. The van der Waals surface area contributed by atoms with Gasteiger partial charge in [-0.3, -0.25) is 9.80 Å². The Labute approximate surface area is 197 Å². The van der Waals surface area contributed by atoms with Crippen molar-refractivity contribution in [2.75, 3.05) is 26.2 Å². The SMILES string of the molecule is CCCCCCCCCCCCCCN1CCN(Cc2ccc(CC#N)cc2)CC1C=O. The molecule has 1 fully saturated rings. The van der Waals surface area contributed by atoms with Crippen molar-refractivity contribution in [2.24, 2.45) is 0 Å². The van der Waals surface area contributed by atoms with Gasteiger partial charge < -0.3 is 4.79 Å². The number of piperazine rings is 1. The topological polar surface area (TPSA) is 47.3 Å². The molecule has 4 heteroatoms. The summed E-state index contributed by atoms with van der Waals surface area (Å²) in [6.07, 6.45) is 18.0. The van der Waals surface area contributed by atoms with E-state index in [0.717, 1.165) is 44.6 Å². The lowest BCUT2D eigenvalue weighted by atomic mass is 10.0. The van der Waals surface area contributed by atoms with E-state index >= 15 is 0 Å². The van der Waals surface area contributed by atoms with Gasteiger partial charge in [-0.1, -0.05) is 102 Å². The Morgan fingerprint density at radius 2 is 1.44 bits per heavy atom. The predicted octanol–water partition coefficient (Wildman–Crippen LogP) is 6.14. The summed E-state index contributed by atoms with van der Waals surface area (Å²) in [6.45, 7) is 7.03. The molecule has 1 saturated heterocycles. The molecule has 1 aromatic rings. The van der Waals surface area contributed by atoms with E-state index in [2.05, 4.69) is 34.9 Å². The van der Waals surface area contributed by atoms with Crippen molar-refractivity contribution >= 4 is 6.29 Å². The van der Waals surface area contributed by atoms with Crippen molar-refractivity contribution in [1.29, 1.82) is 5.26 Å². The van der Waals surface area contributed by atoms with E-state index in [1.165, 1.54) is 82.6 Å². The Kier molecular flexibility index (Phi) is 14.0. The summed E-state index contributed by atoms with van der Waals surface area (Å²) in [6, 6.07) is 10.5. The predicted molar refractivity (Wildman–Crippen MR) is 134 cm³/mol. The molecule has 0 spiro atoms. The van der Waals surface area contributed by atoms with Gasteiger partial charge in [-0.2, -0.15) is 5.26 Å². The molecule has 0 aromatic heterocycles. The van der Waals surface area contributed by atoms with Crippen LogP contribution in [0.25, 0.3) is 0 Å². The molecular formula is C28H45N3O. The van der Waals surface area contributed by atoms with Crippen LogP contribution in [0.4, 0.5) is 0 Å². The largest absolute Gasteiger partial charge is 0.302 e. The van der Waals surface area contributed by atoms with Gasteiger partial charge in [0, 0.05) is 26.2 Å². The van der Waals surface area contributed by atoms with Gasteiger partial charge in [0.05, 0.1) is 18.5 Å². The lowest BCUT2D eigenvalue weighted by molar-refractivity contribution is -0.114. The molecule has 1 atom stereocenters. The maximum Gasteiger partial charge on any atom is 0.138 e. The minimum atomic E-state index is 0.0225. The number of nitrogens with zero attached hydrogens (tertiary/aromatic N) is 3. The van der Waals surface area contributed by atoms with Crippen molar-refractivity contribution in [1.82, 2.24) is 9.80 Å². The summed E-state index contributed by atoms with van der Waals surface area (Å²) in [7, 11) is 0. The van der Waals surface area contributed by atoms with Gasteiger partial charge in [-0.05, 0) is 24.1 Å². The van der Waals surface area contributed by atoms with Crippen LogP contribution >= 0.6 is 0 Å². The molecule has 1 unspecified atom stereocenters. The molecule has 0 amide bonds. The zero-order chi connectivity index (χ0) is 22.9. The average molecular weight is 440 g/mol. The van der Waals surface area contributed by atoms with Gasteiger partial charge in [0.1, 0.15) is 6.29 Å². The first kappa shape index (κ1) is 26.6. The van der Waals surface area contributed by atoms with E-state index in [9.17, 15) is 4.79 Å². The van der Waals surface area contributed by atoms with Crippen LogP contribution in [0.2, 0.25) is 0 Å². The highest BCUT2D eigenvalue weighted by molar-refractivity contribution is 5.58. The van der Waals surface area contributed by atoms with E-state index in [1.54, 1.807) is 0 Å². The van der Waals surface area contributed by atoms with Crippen LogP contribution in [0.15, 0.2) is 24.3 Å². The van der Waals surface area contributed by atoms with Gasteiger partial charge in [0.15, 0.2) is 0 Å². The Morgan fingerprint density at radius 3 is 2.00 bits per heavy atom. The first-order valence-electron chi connectivity index (χ1n) is 13.1. The summed E-state index contributed by atoms with van der Waals surface area (Å²) < 4.78 is 0. The van der Waals surface area contributed by atoms with Crippen LogP contribution in [0.3, 0.4) is 0 Å². The Bertz CT molecular complexity index is 652. The molecule has 178 valence electrons. The minimum Gasteiger partial charge on any atom is -0.302 e. The van der Waals surface area contributed by atoms with Crippen molar-refractivity contribution < 1.29 is 4.79 Å². The van der Waals surface area contributed by atoms with Gasteiger partial charge in [-0.15, -0.1) is 0 Å². The molecule has 1 aliphatic heterocycles. The van der Waals surface area contributed by atoms with Gasteiger partial charge in [0.25, 0.3) is 0 Å².